The Bertz CT molecular complexity index is 3190. The highest BCUT2D eigenvalue weighted by atomic mass is 19.2. The summed E-state index contributed by atoms with van der Waals surface area (Å²) in [7, 11) is 0. The number of ether oxygens (including phenoxy) is 2. The van der Waals surface area contributed by atoms with Gasteiger partial charge >= 0.3 is 0 Å². The van der Waals surface area contributed by atoms with Crippen molar-refractivity contribution in [3.05, 3.63) is 226 Å². The lowest BCUT2D eigenvalue weighted by molar-refractivity contribution is -0.966. The fraction of sp³-hybridized carbons (Fsp3) is 0.197. The van der Waals surface area contributed by atoms with Gasteiger partial charge in [-0.15, -0.1) is 0 Å². The molecule has 0 spiro atoms. The predicted molar refractivity (Wildman–Crippen MR) is 268 cm³/mol. The van der Waals surface area contributed by atoms with Gasteiger partial charge in [0.15, 0.2) is 34.9 Å². The van der Waals surface area contributed by atoms with Gasteiger partial charge in [-0.1, -0.05) is 96.9 Å². The molecule has 0 bridgehead atoms. The van der Waals surface area contributed by atoms with Crippen LogP contribution < -0.4 is 4.74 Å². The lowest BCUT2D eigenvalue weighted by Crippen LogP contribution is -2.46. The molecule has 8 aromatic carbocycles. The molecule has 0 fully saturated rings. The van der Waals surface area contributed by atoms with E-state index in [0.29, 0.717) is 61.6 Å². The Balaban J connectivity index is 1.00. The summed E-state index contributed by atoms with van der Waals surface area (Å²) in [5.74, 6) is -7.53. The van der Waals surface area contributed by atoms with Crippen LogP contribution in [0.15, 0.2) is 158 Å². The summed E-state index contributed by atoms with van der Waals surface area (Å²) in [6, 6.07) is 43.7. The summed E-state index contributed by atoms with van der Waals surface area (Å²) in [5, 5.41) is 3.28. The maximum absolute atomic E-state index is 15.3. The van der Waals surface area contributed by atoms with Crippen molar-refractivity contribution in [2.75, 3.05) is 13.2 Å². The normalized spacial score (nSPS) is 13.0. The Morgan fingerprint density at radius 2 is 1.00 bits per heavy atom. The van der Waals surface area contributed by atoms with Crippen molar-refractivity contribution < 1.29 is 40.3 Å². The molecule has 0 unspecified atom stereocenters. The number of quaternary nitrogens is 1. The lowest BCUT2D eigenvalue weighted by Gasteiger charge is -2.39. The highest BCUT2D eigenvalue weighted by Crippen LogP contribution is 2.51. The van der Waals surface area contributed by atoms with Gasteiger partial charge in [0.25, 0.3) is 0 Å². The number of benzene rings is 8. The summed E-state index contributed by atoms with van der Waals surface area (Å²) >= 11 is 0. The van der Waals surface area contributed by atoms with E-state index >= 15 is 17.6 Å². The number of hydrogen-bond acceptors (Lipinski definition) is 3. The Hall–Kier alpha value is -7.27. The Labute approximate surface area is 409 Å². The van der Waals surface area contributed by atoms with Crippen molar-refractivity contribution in [1.82, 2.24) is 4.98 Å². The number of hydrogen-bond donors (Lipinski definition) is 0. The van der Waals surface area contributed by atoms with Crippen LogP contribution in [0.3, 0.4) is 0 Å². The first kappa shape index (κ1) is 47.4. The standard InChI is InChI=1S/C61H51F6N2O2/c1-39-14-16-42(17-15-39)38-71-47-20-18-41(19-21-47)37-70-27-9-3-2-8-26-69(34-40-22-24-68-25-23-40)35-52-50(45-30-54(62)60(66)55(63)31-45)28-43-10-4-6-12-48(43)58(52)59-49-13-7-5-11-44(49)29-51(53(59)36-69)46-32-56(64)61(67)57(65)33-46/h4-7,10-25,28-33H,2-3,8-9,26-27,34-38H2,1H3/q+1. The SMILES string of the molecule is Cc1ccc(COc2ccc(COCCCCCC[N+]3(Cc4ccncc4)Cc4c(-c5cc(F)c(F)c(F)c5)cc5ccccc5c4-c4c(c(-c5cc(F)c(F)c(F)c5)cc5ccccc45)C3)cc2)cc1. The molecule has 0 atom stereocenters. The molecule has 1 aliphatic rings. The molecule has 9 aromatic rings. The van der Waals surface area contributed by atoms with Crippen LogP contribution in [0.25, 0.3) is 54.9 Å². The van der Waals surface area contributed by atoms with Crippen LogP contribution in [-0.4, -0.2) is 22.6 Å². The molecular weight excluding hydrogens is 907 g/mol. The Morgan fingerprint density at radius 3 is 1.55 bits per heavy atom. The van der Waals surface area contributed by atoms with Gasteiger partial charge in [-0.25, -0.2) is 26.3 Å². The summed E-state index contributed by atoms with van der Waals surface area (Å²) in [6.45, 7) is 5.47. The predicted octanol–water partition coefficient (Wildman–Crippen LogP) is 15.9. The molecule has 358 valence electrons. The second-order valence-corrected chi connectivity index (χ2v) is 18.8. The number of unbranched alkanes of at least 4 members (excludes halogenated alkanes) is 3. The maximum atomic E-state index is 15.3. The van der Waals surface area contributed by atoms with Gasteiger partial charge in [-0.2, -0.15) is 0 Å². The van der Waals surface area contributed by atoms with Crippen LogP contribution in [0.4, 0.5) is 26.3 Å². The van der Waals surface area contributed by atoms with Gasteiger partial charge in [0.2, 0.25) is 0 Å². The third-order valence-corrected chi connectivity index (χ3v) is 13.8. The monoisotopic (exact) mass is 957 g/mol. The molecule has 4 nitrogen and oxygen atoms in total. The van der Waals surface area contributed by atoms with Crippen molar-refractivity contribution in [3.63, 3.8) is 0 Å². The number of nitrogens with zero attached hydrogens (tertiary/aromatic N) is 2. The molecular formula is C61H51F6N2O2+. The van der Waals surface area contributed by atoms with E-state index in [1.54, 1.807) is 12.4 Å². The van der Waals surface area contributed by atoms with E-state index in [0.717, 1.165) is 116 Å². The van der Waals surface area contributed by atoms with Crippen LogP contribution in [0.2, 0.25) is 0 Å². The van der Waals surface area contributed by atoms with Crippen molar-refractivity contribution in [2.24, 2.45) is 0 Å². The average Bonchev–Trinajstić information content (AvgIpc) is 3.53. The van der Waals surface area contributed by atoms with E-state index in [9.17, 15) is 8.78 Å². The number of fused-ring (bicyclic) bond motifs is 7. The number of aryl methyl sites for hydroxylation is 1. The zero-order valence-electron chi connectivity index (χ0n) is 39.3. The molecule has 1 aliphatic heterocycles. The van der Waals surface area contributed by atoms with E-state index in [1.165, 1.54) is 5.56 Å². The molecule has 0 saturated carbocycles. The van der Waals surface area contributed by atoms with Crippen LogP contribution in [0.5, 0.6) is 5.75 Å². The minimum Gasteiger partial charge on any atom is -0.489 e. The smallest absolute Gasteiger partial charge is 0.194 e. The van der Waals surface area contributed by atoms with Crippen LogP contribution in [0, 0.1) is 41.8 Å². The summed E-state index contributed by atoms with van der Waals surface area (Å²) in [6.07, 6.45) is 6.86. The van der Waals surface area contributed by atoms with E-state index in [-0.39, 0.29) is 11.1 Å². The van der Waals surface area contributed by atoms with E-state index < -0.39 is 34.9 Å². The van der Waals surface area contributed by atoms with Gasteiger partial charge in [0.1, 0.15) is 32.0 Å². The first-order chi connectivity index (χ1) is 34.5. The molecule has 71 heavy (non-hydrogen) atoms. The molecule has 10 heteroatoms. The summed E-state index contributed by atoms with van der Waals surface area (Å²) in [5.41, 5.74) is 8.98. The Kier molecular flexibility index (Phi) is 13.8. The fourth-order valence-corrected chi connectivity index (χ4v) is 10.3. The van der Waals surface area contributed by atoms with Gasteiger partial charge in [0, 0.05) is 46.8 Å². The number of pyridine rings is 1. The van der Waals surface area contributed by atoms with E-state index in [2.05, 4.69) is 36.2 Å². The highest BCUT2D eigenvalue weighted by Gasteiger charge is 2.38. The maximum Gasteiger partial charge on any atom is 0.194 e. The van der Waals surface area contributed by atoms with Gasteiger partial charge in [-0.3, -0.25) is 4.98 Å². The summed E-state index contributed by atoms with van der Waals surface area (Å²) < 4.78 is 103. The van der Waals surface area contributed by atoms with Crippen LogP contribution in [-0.2, 0) is 37.6 Å². The molecule has 0 amide bonds. The van der Waals surface area contributed by atoms with E-state index in [1.807, 2.05) is 97.1 Å². The molecule has 0 N–H and O–H groups in total. The molecule has 0 aliphatic carbocycles. The molecule has 0 radical (unpaired) electrons. The Morgan fingerprint density at radius 1 is 0.507 bits per heavy atom. The third-order valence-electron chi connectivity index (χ3n) is 13.8. The third kappa shape index (κ3) is 10.2. The quantitative estimate of drug-likeness (QED) is 0.0418. The highest BCUT2D eigenvalue weighted by molar-refractivity contribution is 6.12. The number of rotatable bonds is 16. The minimum atomic E-state index is -1.55. The van der Waals surface area contributed by atoms with Crippen LogP contribution in [0.1, 0.15) is 59.1 Å². The molecule has 1 aromatic heterocycles. The van der Waals surface area contributed by atoms with Crippen LogP contribution >= 0.6 is 0 Å². The average molecular weight is 958 g/mol. The lowest BCUT2D eigenvalue weighted by atomic mass is 9.82. The second kappa shape index (κ2) is 20.6. The summed E-state index contributed by atoms with van der Waals surface area (Å²) in [4.78, 5) is 4.30. The van der Waals surface area contributed by atoms with Crippen molar-refractivity contribution in [2.45, 2.75) is 65.5 Å². The van der Waals surface area contributed by atoms with Gasteiger partial charge < -0.3 is 14.0 Å². The topological polar surface area (TPSA) is 31.4 Å². The zero-order chi connectivity index (χ0) is 49.1. The molecule has 0 saturated heterocycles. The van der Waals surface area contributed by atoms with Gasteiger partial charge in [-0.05, 0) is 142 Å². The first-order valence-corrected chi connectivity index (χ1v) is 24.0. The zero-order valence-corrected chi connectivity index (χ0v) is 39.3. The van der Waals surface area contributed by atoms with Gasteiger partial charge in [0.05, 0.1) is 13.2 Å². The van der Waals surface area contributed by atoms with E-state index in [4.69, 9.17) is 9.47 Å². The largest absolute Gasteiger partial charge is 0.489 e. The van der Waals surface area contributed by atoms with Crippen molar-refractivity contribution in [1.29, 1.82) is 0 Å². The van der Waals surface area contributed by atoms with Crippen molar-refractivity contribution in [3.8, 4) is 39.1 Å². The fourth-order valence-electron chi connectivity index (χ4n) is 10.3. The molecule has 10 rings (SSSR count). The first-order valence-electron chi connectivity index (χ1n) is 24.0. The number of aromatic nitrogens is 1. The second-order valence-electron chi connectivity index (χ2n) is 18.8. The molecule has 2 heterocycles. The number of halogens is 6. The minimum absolute atomic E-state index is 0.180. The van der Waals surface area contributed by atoms with Crippen molar-refractivity contribution >= 4 is 21.5 Å².